The van der Waals surface area contributed by atoms with Crippen LogP contribution in [-0.4, -0.2) is 60.9 Å². The van der Waals surface area contributed by atoms with Crippen LogP contribution in [0.4, 0.5) is 0 Å². The zero-order valence-electron chi connectivity index (χ0n) is 14.6. The number of ether oxygens (including phenoxy) is 2. The molecule has 0 radical (unpaired) electrons. The summed E-state index contributed by atoms with van der Waals surface area (Å²) in [6, 6.07) is 7.45. The smallest absolute Gasteiger partial charge is 0.0211 e. The normalized spacial score (nSPS) is 18.4. The van der Waals surface area contributed by atoms with E-state index in [0.717, 1.165) is 18.7 Å². The summed E-state index contributed by atoms with van der Waals surface area (Å²) in [5.41, 5.74) is 0.836. The van der Waals surface area contributed by atoms with Crippen LogP contribution in [0.25, 0.3) is 0 Å². The second-order valence-corrected chi connectivity index (χ2v) is 11.3. The summed E-state index contributed by atoms with van der Waals surface area (Å²) in [6.07, 6.45) is -0.552. The Kier molecular flexibility index (Phi) is 10.0. The van der Waals surface area contributed by atoms with Gasteiger partial charge in [0, 0.05) is 0 Å². The summed E-state index contributed by atoms with van der Waals surface area (Å²) in [4.78, 5) is 14.1. The minimum Gasteiger partial charge on any atom is -0.455 e. The largest absolute Gasteiger partial charge is 0.455 e. The van der Waals surface area contributed by atoms with Crippen LogP contribution in [0.5, 0.6) is 5.75 Å². The Labute approximate surface area is 167 Å². The maximum atomic E-state index is 12.3. The predicted molar refractivity (Wildman–Crippen MR) is 101 cm³/mol. The van der Waals surface area contributed by atoms with E-state index in [-0.39, 0.29) is 5.91 Å². The molecule has 0 spiro atoms. The molecule has 1 atom stereocenters. The van der Waals surface area contributed by atoms with E-state index in [1.807, 2.05) is 35.5 Å². The number of para-hydroxylation sites is 1. The molecule has 148 valence electrons. The molecule has 0 bridgehead atoms. The van der Waals surface area contributed by atoms with E-state index in [1.165, 1.54) is 0 Å². The van der Waals surface area contributed by atoms with Crippen molar-refractivity contribution in [2.45, 2.75) is 13.0 Å². The van der Waals surface area contributed by atoms with Crippen LogP contribution in [0.2, 0.25) is 0 Å². The van der Waals surface area contributed by atoms with Crippen molar-refractivity contribution in [1.29, 1.82) is 0 Å². The van der Waals surface area contributed by atoms with E-state index in [4.69, 9.17) is 28.9 Å². The third kappa shape index (κ3) is 7.59. The summed E-state index contributed by atoms with van der Waals surface area (Å²) in [5, 5.41) is 5.97. The fourth-order valence-electron chi connectivity index (χ4n) is 2.40. The molecule has 0 aliphatic carbocycles. The molecule has 0 aromatic heterocycles. The molecule has 2 heterocycles. The molecule has 26 heavy (non-hydrogen) atoms. The monoisotopic (exact) mass is 490 g/mol. The summed E-state index contributed by atoms with van der Waals surface area (Å²) in [7, 11) is 11.8. The molecule has 9 heteroatoms. The van der Waals surface area contributed by atoms with Gasteiger partial charge in [0.25, 0.3) is 0 Å². The first-order valence-electron chi connectivity index (χ1n) is 8.32. The molecule has 1 unspecified atom stereocenters. The van der Waals surface area contributed by atoms with Crippen molar-refractivity contribution in [3.05, 3.63) is 36.5 Å². The van der Waals surface area contributed by atoms with Crippen LogP contribution < -0.4 is 15.4 Å². The summed E-state index contributed by atoms with van der Waals surface area (Å²) >= 11 is -1.94. The van der Waals surface area contributed by atoms with Gasteiger partial charge in [0.2, 0.25) is 0 Å². The van der Waals surface area contributed by atoms with Crippen LogP contribution in [-0.2, 0) is 23.0 Å². The molecule has 2 saturated heterocycles. The van der Waals surface area contributed by atoms with Gasteiger partial charge < -0.3 is 10.6 Å². The Morgan fingerprint density at radius 3 is 2.54 bits per heavy atom. The van der Waals surface area contributed by atoms with E-state index in [2.05, 4.69) is 10.6 Å². The Balaban J connectivity index is 0.000000417. The fourth-order valence-corrected chi connectivity index (χ4v) is 4.20. The van der Waals surface area contributed by atoms with Crippen molar-refractivity contribution in [3.63, 3.8) is 0 Å². The van der Waals surface area contributed by atoms with Gasteiger partial charge in [0.1, 0.15) is 0 Å². The SMILES string of the molecule is CC(Oc1ccccc1[CH]=[Ru]([Cl])[Cl])C(=O)N1CCOCC1.[CH-]1NCCN1. The quantitative estimate of drug-likeness (QED) is 0.497. The number of hydrogen-bond acceptors (Lipinski definition) is 5. The number of morpholine rings is 1. The molecule has 2 N–H and O–H groups in total. The maximum Gasteiger partial charge on any atom is -0.0211 e. The first kappa shape index (κ1) is 21.7. The van der Waals surface area contributed by atoms with Gasteiger partial charge in [-0.25, -0.2) is 6.67 Å². The topological polar surface area (TPSA) is 62.8 Å². The van der Waals surface area contributed by atoms with Gasteiger partial charge in [-0.1, -0.05) is 0 Å². The molecular weight excluding hydrogens is 466 g/mol. The maximum absolute atomic E-state index is 12.3. The van der Waals surface area contributed by atoms with Gasteiger partial charge in [-0.05, 0) is 13.1 Å². The van der Waals surface area contributed by atoms with Gasteiger partial charge >= 0.3 is 137 Å². The standard InChI is InChI=1S/C14H17NO3.C3H7N2.2ClH.Ru/c1-11-5-3-4-6-13(11)18-12(2)14(16)15-7-9-17-10-8-15;1-2-5-3-4-1;;;/h1,3-6,12H,7-10H2,2H3;3-5H,1-2H2;2*1H;/q;-1;;;+2/p-2. The number of halogens is 2. The molecule has 1 aromatic carbocycles. The minimum atomic E-state index is -1.94. The molecule has 0 saturated carbocycles. The number of carbonyl (C=O) groups is 1. The Bertz CT molecular complexity index is 597. The number of amides is 1. The van der Waals surface area contributed by atoms with E-state index in [1.54, 1.807) is 11.8 Å². The van der Waals surface area contributed by atoms with Crippen molar-refractivity contribution in [3.8, 4) is 5.75 Å². The zero-order chi connectivity index (χ0) is 18.8. The number of nitrogens with zero attached hydrogens (tertiary/aromatic N) is 1. The van der Waals surface area contributed by atoms with Crippen molar-refractivity contribution < 1.29 is 27.8 Å². The molecule has 2 aliphatic heterocycles. The Morgan fingerprint density at radius 2 is 1.96 bits per heavy atom. The van der Waals surface area contributed by atoms with E-state index < -0.39 is 19.6 Å². The van der Waals surface area contributed by atoms with Crippen molar-refractivity contribution in [2.75, 3.05) is 39.4 Å². The average Bonchev–Trinajstić information content (AvgIpc) is 3.23. The van der Waals surface area contributed by atoms with Crippen LogP contribution in [0.15, 0.2) is 24.3 Å². The van der Waals surface area contributed by atoms with Gasteiger partial charge in [-0.15, -0.1) is 0 Å². The predicted octanol–water partition coefficient (Wildman–Crippen LogP) is 1.69. The van der Waals surface area contributed by atoms with Gasteiger partial charge in [-0.2, -0.15) is 0 Å². The number of carbonyl (C=O) groups excluding carboxylic acids is 1. The van der Waals surface area contributed by atoms with E-state index in [0.29, 0.717) is 32.1 Å². The number of hydrogen-bond donors (Lipinski definition) is 2. The Morgan fingerprint density at radius 1 is 1.31 bits per heavy atom. The van der Waals surface area contributed by atoms with Crippen molar-refractivity contribution >= 4 is 29.9 Å². The molecule has 3 rings (SSSR count). The minimum absolute atomic E-state index is 0.0287. The van der Waals surface area contributed by atoms with Crippen molar-refractivity contribution in [1.82, 2.24) is 15.5 Å². The third-order valence-electron chi connectivity index (χ3n) is 3.70. The average molecular weight is 490 g/mol. The van der Waals surface area contributed by atoms with E-state index >= 15 is 0 Å². The van der Waals surface area contributed by atoms with Gasteiger partial charge in [0.05, 0.1) is 0 Å². The summed E-state index contributed by atoms with van der Waals surface area (Å²) in [5.74, 6) is 0.602. The van der Waals surface area contributed by atoms with E-state index in [9.17, 15) is 4.79 Å². The number of nitrogens with one attached hydrogen (secondary N) is 2. The van der Waals surface area contributed by atoms with Crippen LogP contribution >= 0.6 is 19.4 Å². The first-order valence-corrected chi connectivity index (χ1v) is 13.8. The molecular formula is C17H24Cl2N3O3Ru-. The summed E-state index contributed by atoms with van der Waals surface area (Å²) < 4.78 is 12.9. The van der Waals surface area contributed by atoms with Gasteiger partial charge in [-0.3, -0.25) is 0 Å². The molecule has 2 fully saturated rings. The van der Waals surface area contributed by atoms with Crippen LogP contribution in [0.3, 0.4) is 0 Å². The number of rotatable bonds is 4. The second kappa shape index (κ2) is 12.0. The molecule has 2 aliphatic rings. The van der Waals surface area contributed by atoms with Crippen LogP contribution in [0, 0.1) is 6.67 Å². The van der Waals surface area contributed by atoms with Crippen LogP contribution in [0.1, 0.15) is 12.5 Å². The first-order chi connectivity index (χ1) is 12.6. The molecule has 1 amide bonds. The molecule has 6 nitrogen and oxygen atoms in total. The van der Waals surface area contributed by atoms with Crippen molar-refractivity contribution in [2.24, 2.45) is 0 Å². The molecule has 1 aromatic rings. The fraction of sp³-hybridized carbons (Fsp3) is 0.471. The number of benzene rings is 1. The second-order valence-electron chi connectivity index (χ2n) is 5.60. The Hall–Kier alpha value is -0.557. The third-order valence-corrected chi connectivity index (χ3v) is 5.53. The summed E-state index contributed by atoms with van der Waals surface area (Å²) in [6.45, 7) is 8.16. The van der Waals surface area contributed by atoms with Gasteiger partial charge in [0.15, 0.2) is 0 Å². The zero-order valence-corrected chi connectivity index (χ0v) is 17.8.